The van der Waals surface area contributed by atoms with Crippen molar-refractivity contribution in [3.8, 4) is 11.8 Å². The van der Waals surface area contributed by atoms with E-state index < -0.39 is 12.1 Å². The van der Waals surface area contributed by atoms with Gasteiger partial charge in [0.05, 0.1) is 30.2 Å². The van der Waals surface area contributed by atoms with Crippen LogP contribution in [0.3, 0.4) is 0 Å². The number of allylic oxidation sites excluding steroid dienone is 1. The van der Waals surface area contributed by atoms with Crippen LogP contribution >= 0.6 is 67.5 Å². The first kappa shape index (κ1) is 50.9. The molecule has 2 fully saturated rings. The summed E-state index contributed by atoms with van der Waals surface area (Å²) in [7, 11) is 1.30. The normalized spacial score (nSPS) is 19.5. The Labute approximate surface area is 367 Å². The first-order chi connectivity index (χ1) is 24.4. The van der Waals surface area contributed by atoms with Crippen LogP contribution in [0.5, 0.6) is 0 Å². The lowest BCUT2D eigenvalue weighted by atomic mass is 9.94. The summed E-state index contributed by atoms with van der Waals surface area (Å²) in [5.41, 5.74) is 6.81. The van der Waals surface area contributed by atoms with Crippen LogP contribution < -0.4 is 5.32 Å². The van der Waals surface area contributed by atoms with E-state index in [1.54, 1.807) is 0 Å². The molecule has 0 unspecified atom stereocenters. The van der Waals surface area contributed by atoms with E-state index in [0.29, 0.717) is 5.92 Å². The van der Waals surface area contributed by atoms with Crippen LogP contribution in [0.25, 0.3) is 16.6 Å². The average Bonchev–Trinajstić information content (AvgIpc) is 3.94. The van der Waals surface area contributed by atoms with Crippen molar-refractivity contribution in [3.63, 3.8) is 0 Å². The van der Waals surface area contributed by atoms with Crippen LogP contribution in [0, 0.1) is 29.6 Å². The Morgan fingerprint density at radius 1 is 0.857 bits per heavy atom. The number of methoxy groups -OCH3 is 1. The van der Waals surface area contributed by atoms with E-state index in [9.17, 15) is 14.4 Å². The fourth-order valence-corrected chi connectivity index (χ4v) is 7.41. The number of hydrogen-bond donors (Lipinski definition) is 2. The number of ether oxygens (including phenoxy) is 1. The summed E-state index contributed by atoms with van der Waals surface area (Å²) in [6, 6.07) is 13.4. The summed E-state index contributed by atoms with van der Waals surface area (Å²) >= 11 is 0. The molecule has 2 N–H and O–H groups in total. The van der Waals surface area contributed by atoms with Gasteiger partial charge in [-0.3, -0.25) is 14.6 Å². The van der Waals surface area contributed by atoms with Gasteiger partial charge >= 0.3 is 6.09 Å². The van der Waals surface area contributed by atoms with Crippen LogP contribution in [0.2, 0.25) is 0 Å². The minimum atomic E-state index is -0.695. The van der Waals surface area contributed by atoms with Crippen molar-refractivity contribution in [3.05, 3.63) is 71.2 Å². The second-order valence-electron chi connectivity index (χ2n) is 14.9. The minimum absolute atomic E-state index is 0. The highest BCUT2D eigenvalue weighted by Crippen LogP contribution is 2.37. The first-order valence-electron chi connectivity index (χ1n) is 18.3. The monoisotopic (exact) mass is 860 g/mol. The molecule has 6 rings (SSSR count). The molecular weight excluding hydrogens is 801 g/mol. The fraction of sp³-hybridized carbons (Fsp3) is 0.488. The number of amides is 3. The van der Waals surface area contributed by atoms with E-state index >= 15 is 0 Å². The van der Waals surface area contributed by atoms with Crippen molar-refractivity contribution < 1.29 is 19.1 Å². The molecule has 2 aromatic carbocycles. The molecule has 3 aromatic rings. The van der Waals surface area contributed by atoms with E-state index in [-0.39, 0.29) is 109 Å². The van der Waals surface area contributed by atoms with Crippen molar-refractivity contribution in [2.75, 3.05) is 13.7 Å². The third-order valence-electron chi connectivity index (χ3n) is 10.8. The summed E-state index contributed by atoms with van der Waals surface area (Å²) in [6.07, 6.45) is 5.72. The Bertz CT molecular complexity index is 1940. The van der Waals surface area contributed by atoms with Gasteiger partial charge in [-0.15, -0.1) is 0 Å². The Kier molecular flexibility index (Phi) is 20.1. The number of nitrogens with zero attached hydrogens (tertiary/aromatic N) is 4. The SMILES string of the molecule is COC(=O)N[C@H](C(=O)N1[C@@H](C)CC[C@H]1c1nc2ccc(C#Cc3ccc(C4=CN=C([C@@H]5CCCN5C(=O)[C@@H](C)C(C)C)C4)cc3)cc2[nH]1)C(C)C.S.S.S.S.S. The Balaban J connectivity index is 0.00000314. The largest absolute Gasteiger partial charge is 0.453 e. The van der Waals surface area contributed by atoms with Crippen LogP contribution in [0.15, 0.2) is 53.7 Å². The van der Waals surface area contributed by atoms with Gasteiger partial charge in [-0.2, -0.15) is 67.5 Å². The number of likely N-dealkylation sites (tertiary alicyclic amines) is 2. The molecule has 308 valence electrons. The summed E-state index contributed by atoms with van der Waals surface area (Å²) in [5.74, 6) is 7.65. The third kappa shape index (κ3) is 11.1. The van der Waals surface area contributed by atoms with Gasteiger partial charge in [-0.1, -0.05) is 58.6 Å². The number of alkyl carbamates (subject to hydrolysis) is 1. The number of fused-ring (bicyclic) bond motifs is 1. The number of carbonyl (C=O) groups is 3. The molecule has 2 saturated heterocycles. The standard InChI is InChI=1S/C41H50N6O4.5H2S/c1-24(2)27(6)39(48)46-20-8-9-35(46)34-22-31(23-42-34)30-16-13-28(14-17-30)11-12-29-15-18-32-33(21-29)44-38(43-32)36-19-10-26(5)47(36)40(49)37(25(3)4)45-41(50)51-7;;;;;/h13-18,21,23-27,35-37H,8-10,19-20,22H2,1-7H3,(H,43,44)(H,45,50);5*1H2/t26-,27-,35-,36-,37-;;;;;/m0...../s1. The second kappa shape index (κ2) is 22.1. The van der Waals surface area contributed by atoms with E-state index in [4.69, 9.17) is 14.7 Å². The highest BCUT2D eigenvalue weighted by Gasteiger charge is 2.41. The first-order valence-corrected chi connectivity index (χ1v) is 18.3. The van der Waals surface area contributed by atoms with Gasteiger partial charge in [0.1, 0.15) is 11.9 Å². The molecule has 0 radical (unpaired) electrons. The van der Waals surface area contributed by atoms with Gasteiger partial charge in [0.25, 0.3) is 0 Å². The molecule has 0 spiro atoms. The molecule has 0 bridgehead atoms. The van der Waals surface area contributed by atoms with Crippen LogP contribution in [0.1, 0.15) is 102 Å². The number of aliphatic imine (C=N–C) groups is 1. The quantitative estimate of drug-likeness (QED) is 0.229. The number of benzene rings is 2. The summed E-state index contributed by atoms with van der Waals surface area (Å²) in [4.78, 5) is 55.9. The summed E-state index contributed by atoms with van der Waals surface area (Å²) < 4.78 is 4.78. The topological polar surface area (TPSA) is 120 Å². The molecule has 0 aliphatic carbocycles. The maximum atomic E-state index is 13.7. The lowest BCUT2D eigenvalue weighted by Crippen LogP contribution is -2.52. The molecule has 56 heavy (non-hydrogen) atoms. The number of hydrogen-bond acceptors (Lipinski definition) is 6. The van der Waals surface area contributed by atoms with Crippen LogP contribution in [-0.2, 0) is 14.3 Å². The zero-order valence-electron chi connectivity index (χ0n) is 33.3. The smallest absolute Gasteiger partial charge is 0.407 e. The Hall–Kier alpha value is -3.16. The van der Waals surface area contributed by atoms with Gasteiger partial charge in [0, 0.05) is 48.0 Å². The Morgan fingerprint density at radius 3 is 2.16 bits per heavy atom. The second-order valence-corrected chi connectivity index (χ2v) is 14.9. The highest BCUT2D eigenvalue weighted by molar-refractivity contribution is 7.60. The molecular formula is C41H60N6O4S5. The van der Waals surface area contributed by atoms with Crippen molar-refractivity contribution in [2.24, 2.45) is 22.7 Å². The lowest BCUT2D eigenvalue weighted by Gasteiger charge is -2.32. The molecule has 4 heterocycles. The average molecular weight is 861 g/mol. The van der Waals surface area contributed by atoms with Crippen molar-refractivity contribution >= 4 is 108 Å². The van der Waals surface area contributed by atoms with Gasteiger partial charge in [0.15, 0.2) is 0 Å². The van der Waals surface area contributed by atoms with E-state index in [1.807, 2.05) is 69.1 Å². The maximum Gasteiger partial charge on any atom is 0.407 e. The van der Waals surface area contributed by atoms with Crippen molar-refractivity contribution in [1.29, 1.82) is 0 Å². The number of H-pyrrole nitrogens is 1. The minimum Gasteiger partial charge on any atom is -0.453 e. The number of aromatic nitrogens is 2. The summed E-state index contributed by atoms with van der Waals surface area (Å²) in [5, 5.41) is 2.72. The molecule has 10 nitrogen and oxygen atoms in total. The van der Waals surface area contributed by atoms with Gasteiger partial charge in [0.2, 0.25) is 11.8 Å². The molecule has 0 saturated carbocycles. The van der Waals surface area contributed by atoms with Gasteiger partial charge in [-0.05, 0) is 85.9 Å². The molecule has 1 aromatic heterocycles. The van der Waals surface area contributed by atoms with Crippen molar-refractivity contribution in [2.45, 2.75) is 97.8 Å². The molecule has 15 heteroatoms. The van der Waals surface area contributed by atoms with Gasteiger partial charge < -0.3 is 24.8 Å². The zero-order valence-corrected chi connectivity index (χ0v) is 38.3. The number of carbonyl (C=O) groups excluding carboxylic acids is 3. The molecule has 3 amide bonds. The van der Waals surface area contributed by atoms with Crippen LogP contribution in [0.4, 0.5) is 4.79 Å². The number of imidazole rings is 1. The van der Waals surface area contributed by atoms with Gasteiger partial charge in [-0.25, -0.2) is 9.78 Å². The molecule has 5 atom stereocenters. The molecule has 3 aliphatic rings. The van der Waals surface area contributed by atoms with E-state index in [2.05, 4.69) is 53.0 Å². The van der Waals surface area contributed by atoms with E-state index in [0.717, 1.165) is 83.5 Å². The third-order valence-corrected chi connectivity index (χ3v) is 10.8. The fourth-order valence-electron chi connectivity index (χ4n) is 7.41. The van der Waals surface area contributed by atoms with E-state index in [1.165, 1.54) is 7.11 Å². The Morgan fingerprint density at radius 2 is 1.52 bits per heavy atom. The predicted octanol–water partition coefficient (Wildman–Crippen LogP) is 7.43. The predicted molar refractivity (Wildman–Crippen MR) is 252 cm³/mol. The zero-order chi connectivity index (χ0) is 36.4. The number of rotatable bonds is 8. The highest BCUT2D eigenvalue weighted by atomic mass is 32.1. The maximum absolute atomic E-state index is 13.7. The number of aromatic amines is 1. The number of nitrogens with one attached hydrogen (secondary N) is 2. The van der Waals surface area contributed by atoms with Crippen LogP contribution in [-0.4, -0.2) is 75.2 Å². The lowest BCUT2D eigenvalue weighted by molar-refractivity contribution is -0.137. The molecule has 3 aliphatic heterocycles. The van der Waals surface area contributed by atoms with Crippen molar-refractivity contribution in [1.82, 2.24) is 25.1 Å². The summed E-state index contributed by atoms with van der Waals surface area (Å²) in [6.45, 7) is 12.9.